The number of benzene rings is 2. The maximum absolute atomic E-state index is 14.0. The summed E-state index contributed by atoms with van der Waals surface area (Å²) in [6, 6.07) is 12.6. The van der Waals surface area contributed by atoms with Crippen LogP contribution < -0.4 is 10.7 Å². The Hall–Kier alpha value is -4.16. The maximum Gasteiger partial charge on any atom is 0.261 e. The smallest absolute Gasteiger partial charge is 0.261 e. The highest BCUT2D eigenvalue weighted by Gasteiger charge is 2.24. The molecule has 0 aliphatic carbocycles. The van der Waals surface area contributed by atoms with Crippen LogP contribution in [0.15, 0.2) is 70.4 Å². The van der Waals surface area contributed by atoms with Gasteiger partial charge in [-0.1, -0.05) is 31.2 Å². The zero-order valence-corrected chi connectivity index (χ0v) is 20.1. The highest BCUT2D eigenvalue weighted by molar-refractivity contribution is 7.85. The standard InChI is InChI=1S/C23H18FN5O2.CH4O3S/c1-2-16(29-23-19-22(26-11-25-19)27-12-28-23)21-18(13-6-5-7-14(24)10-13)20(30)15-8-3-4-9-17(15)31-21;1-5(2,3)4/h3-12,16H,2H2,1H3,(H2,25,26,27,28,29);1H3,(H,2,3,4). The Morgan fingerprint density at radius 3 is 2.61 bits per heavy atom. The van der Waals surface area contributed by atoms with E-state index in [-0.39, 0.29) is 5.43 Å². The topological polar surface area (TPSA) is 151 Å². The molecular formula is C24H22FN5O5S. The third-order valence-corrected chi connectivity index (χ3v) is 5.19. The van der Waals surface area contributed by atoms with Gasteiger partial charge in [-0.15, -0.1) is 0 Å². The summed E-state index contributed by atoms with van der Waals surface area (Å²) in [4.78, 5) is 29.1. The van der Waals surface area contributed by atoms with Gasteiger partial charge >= 0.3 is 0 Å². The van der Waals surface area contributed by atoms with E-state index < -0.39 is 22.0 Å². The monoisotopic (exact) mass is 511 g/mol. The van der Waals surface area contributed by atoms with Crippen molar-refractivity contribution in [2.75, 3.05) is 11.6 Å². The van der Waals surface area contributed by atoms with E-state index in [1.54, 1.807) is 36.7 Å². The van der Waals surface area contributed by atoms with Crippen molar-refractivity contribution in [1.29, 1.82) is 0 Å². The number of aromatic amines is 1. The Kier molecular flexibility index (Phi) is 7.08. The Balaban J connectivity index is 0.000000556. The Bertz CT molecular complexity index is 1690. The molecule has 3 aromatic heterocycles. The summed E-state index contributed by atoms with van der Waals surface area (Å²) in [6.07, 6.45) is 4.27. The van der Waals surface area contributed by atoms with Gasteiger partial charge in [0, 0.05) is 0 Å². The molecule has 10 nitrogen and oxygen atoms in total. The quantitative estimate of drug-likeness (QED) is 0.293. The lowest BCUT2D eigenvalue weighted by molar-refractivity contribution is 0.490. The molecule has 0 aliphatic heterocycles. The molecule has 1 unspecified atom stereocenters. The first kappa shape index (κ1) is 24.9. The molecule has 186 valence electrons. The maximum atomic E-state index is 14.0. The minimum atomic E-state index is -3.67. The molecule has 0 aliphatic rings. The van der Waals surface area contributed by atoms with Crippen molar-refractivity contribution in [2.24, 2.45) is 0 Å². The molecule has 3 N–H and O–H groups in total. The number of H-pyrrole nitrogens is 1. The lowest BCUT2D eigenvalue weighted by Gasteiger charge is -2.20. The highest BCUT2D eigenvalue weighted by atomic mass is 32.2. The number of hydrogen-bond donors (Lipinski definition) is 3. The number of aromatic nitrogens is 4. The number of nitrogens with one attached hydrogen (secondary N) is 2. The molecule has 12 heteroatoms. The number of halogens is 1. The molecule has 0 spiro atoms. The van der Waals surface area contributed by atoms with Crippen LogP contribution in [-0.4, -0.2) is 39.2 Å². The molecule has 0 fully saturated rings. The minimum absolute atomic E-state index is 0.213. The van der Waals surface area contributed by atoms with E-state index in [0.717, 1.165) is 0 Å². The van der Waals surface area contributed by atoms with E-state index >= 15 is 0 Å². The molecule has 5 rings (SSSR count). The average molecular weight is 512 g/mol. The van der Waals surface area contributed by atoms with Crippen LogP contribution in [0.2, 0.25) is 0 Å². The molecule has 1 atom stereocenters. The van der Waals surface area contributed by atoms with Crippen LogP contribution in [-0.2, 0) is 10.1 Å². The van der Waals surface area contributed by atoms with Crippen molar-refractivity contribution in [2.45, 2.75) is 19.4 Å². The first-order chi connectivity index (χ1) is 17.2. The minimum Gasteiger partial charge on any atom is -0.458 e. The lowest BCUT2D eigenvalue weighted by Crippen LogP contribution is -2.17. The van der Waals surface area contributed by atoms with E-state index in [1.165, 1.54) is 18.5 Å². The van der Waals surface area contributed by atoms with Crippen LogP contribution in [0.25, 0.3) is 33.3 Å². The number of nitrogens with zero attached hydrogens (tertiary/aromatic N) is 3. The van der Waals surface area contributed by atoms with Gasteiger partial charge in [-0.25, -0.2) is 19.3 Å². The van der Waals surface area contributed by atoms with E-state index in [9.17, 15) is 17.6 Å². The number of fused-ring (bicyclic) bond motifs is 2. The van der Waals surface area contributed by atoms with Crippen LogP contribution in [0, 0.1) is 5.82 Å². The van der Waals surface area contributed by atoms with E-state index in [1.807, 2.05) is 13.0 Å². The number of para-hydroxylation sites is 1. The molecular weight excluding hydrogens is 489 g/mol. The number of anilines is 1. The normalized spacial score (nSPS) is 12.2. The second kappa shape index (κ2) is 10.2. The molecule has 2 aromatic carbocycles. The van der Waals surface area contributed by atoms with Crippen molar-refractivity contribution in [1.82, 2.24) is 19.9 Å². The zero-order valence-electron chi connectivity index (χ0n) is 19.3. The molecule has 36 heavy (non-hydrogen) atoms. The number of rotatable bonds is 5. The van der Waals surface area contributed by atoms with E-state index in [4.69, 9.17) is 8.97 Å². The lowest BCUT2D eigenvalue weighted by atomic mass is 9.97. The van der Waals surface area contributed by atoms with Crippen LogP contribution >= 0.6 is 0 Å². The molecule has 0 saturated carbocycles. The van der Waals surface area contributed by atoms with Crippen molar-refractivity contribution in [3.63, 3.8) is 0 Å². The zero-order chi connectivity index (χ0) is 25.9. The Labute approximate surface area is 205 Å². The summed E-state index contributed by atoms with van der Waals surface area (Å²) >= 11 is 0. The number of imidazole rings is 1. The van der Waals surface area contributed by atoms with Gasteiger partial charge in [0.05, 0.1) is 29.6 Å². The van der Waals surface area contributed by atoms with Gasteiger partial charge in [-0.3, -0.25) is 9.35 Å². The summed E-state index contributed by atoms with van der Waals surface area (Å²) in [5.41, 5.74) is 2.21. The van der Waals surface area contributed by atoms with E-state index in [2.05, 4.69) is 25.3 Å². The van der Waals surface area contributed by atoms with Gasteiger partial charge in [0.1, 0.15) is 29.0 Å². The predicted octanol–water partition coefficient (Wildman–Crippen LogP) is 4.33. The first-order valence-corrected chi connectivity index (χ1v) is 12.6. The summed E-state index contributed by atoms with van der Waals surface area (Å²) in [5, 5.41) is 3.77. The third kappa shape index (κ3) is 5.56. The van der Waals surface area contributed by atoms with Gasteiger partial charge in [-0.2, -0.15) is 8.42 Å². The average Bonchev–Trinajstić information content (AvgIpc) is 3.31. The van der Waals surface area contributed by atoms with Crippen LogP contribution in [0.1, 0.15) is 25.1 Å². The van der Waals surface area contributed by atoms with Crippen LogP contribution in [0.5, 0.6) is 0 Å². The fourth-order valence-electron chi connectivity index (χ4n) is 3.71. The Morgan fingerprint density at radius 2 is 1.89 bits per heavy atom. The predicted molar refractivity (Wildman–Crippen MR) is 134 cm³/mol. The number of hydrogen-bond acceptors (Lipinski definition) is 8. The first-order valence-electron chi connectivity index (χ1n) is 10.8. The summed E-state index contributed by atoms with van der Waals surface area (Å²) < 4.78 is 46.1. The van der Waals surface area contributed by atoms with Gasteiger partial charge in [-0.05, 0) is 36.2 Å². The van der Waals surface area contributed by atoms with Gasteiger partial charge in [0.2, 0.25) is 5.43 Å². The Morgan fingerprint density at radius 1 is 1.14 bits per heavy atom. The molecule has 5 aromatic rings. The summed E-state index contributed by atoms with van der Waals surface area (Å²) in [6.45, 7) is 1.96. The highest BCUT2D eigenvalue weighted by Crippen LogP contribution is 2.33. The molecule has 0 radical (unpaired) electrons. The van der Waals surface area contributed by atoms with Crippen LogP contribution in [0.4, 0.5) is 10.2 Å². The van der Waals surface area contributed by atoms with Crippen LogP contribution in [0.3, 0.4) is 0 Å². The van der Waals surface area contributed by atoms with Crippen molar-refractivity contribution >= 4 is 38.1 Å². The van der Waals surface area contributed by atoms with Crippen molar-refractivity contribution < 1.29 is 21.8 Å². The molecule has 3 heterocycles. The third-order valence-electron chi connectivity index (χ3n) is 5.19. The second-order valence-electron chi connectivity index (χ2n) is 7.84. The van der Waals surface area contributed by atoms with E-state index in [0.29, 0.717) is 57.5 Å². The molecule has 0 saturated heterocycles. The summed E-state index contributed by atoms with van der Waals surface area (Å²) in [5.74, 6) is 0.504. The molecule has 0 amide bonds. The SMILES string of the molecule is CCC(Nc1ncnc2[nH]cnc12)c1oc2ccccc2c(=O)c1-c1cccc(F)c1.CS(=O)(=O)O. The van der Waals surface area contributed by atoms with Gasteiger partial charge in [0.15, 0.2) is 11.5 Å². The van der Waals surface area contributed by atoms with Gasteiger partial charge in [0.25, 0.3) is 10.1 Å². The van der Waals surface area contributed by atoms with Crippen molar-refractivity contribution in [3.8, 4) is 11.1 Å². The largest absolute Gasteiger partial charge is 0.458 e. The summed E-state index contributed by atoms with van der Waals surface area (Å²) in [7, 11) is -3.67. The molecule has 0 bridgehead atoms. The van der Waals surface area contributed by atoms with Crippen molar-refractivity contribution in [3.05, 3.63) is 83.0 Å². The fraction of sp³-hybridized carbons (Fsp3) is 0.167. The fourth-order valence-corrected chi connectivity index (χ4v) is 3.71. The second-order valence-corrected chi connectivity index (χ2v) is 9.30. The van der Waals surface area contributed by atoms with Gasteiger partial charge < -0.3 is 14.7 Å².